The van der Waals surface area contributed by atoms with E-state index < -0.39 is 22.5 Å². The normalized spacial score (nSPS) is 9.50. The minimum absolute atomic E-state index is 0.196. The molecule has 0 heterocycles. The Bertz CT molecular complexity index is 475. The Labute approximate surface area is 88.5 Å². The van der Waals surface area contributed by atoms with E-state index >= 15 is 0 Å². The standard InChI is InChI=1S/C9H5NO6/c11-7(8(12)9(13)14)5-1-3-6(4-2-5)10(15)16/h1-4H,(H,13,14). The first-order valence-corrected chi connectivity index (χ1v) is 4.00. The van der Waals surface area contributed by atoms with Gasteiger partial charge in [-0.05, 0) is 12.1 Å². The lowest BCUT2D eigenvalue weighted by Crippen LogP contribution is -2.23. The van der Waals surface area contributed by atoms with E-state index in [0.29, 0.717) is 0 Å². The molecule has 7 heteroatoms. The van der Waals surface area contributed by atoms with Crippen LogP contribution in [0.1, 0.15) is 10.4 Å². The Morgan fingerprint density at radius 3 is 2.00 bits per heavy atom. The predicted molar refractivity (Wildman–Crippen MR) is 50.1 cm³/mol. The van der Waals surface area contributed by atoms with Crippen molar-refractivity contribution in [1.29, 1.82) is 0 Å². The fraction of sp³-hybridized carbons (Fsp3) is 0. The van der Waals surface area contributed by atoms with Gasteiger partial charge in [0.2, 0.25) is 5.78 Å². The van der Waals surface area contributed by atoms with E-state index in [4.69, 9.17) is 5.11 Å². The SMILES string of the molecule is O=C(O)C(=O)C(=O)c1ccc([N+](=O)[O-])cc1. The number of nitrogens with zero attached hydrogens (tertiary/aromatic N) is 1. The highest BCUT2D eigenvalue weighted by molar-refractivity contribution is 6.65. The summed E-state index contributed by atoms with van der Waals surface area (Å²) in [6.07, 6.45) is 0. The molecule has 1 aromatic rings. The molecule has 0 aliphatic carbocycles. The average molecular weight is 223 g/mol. The van der Waals surface area contributed by atoms with E-state index in [-0.39, 0.29) is 11.3 Å². The van der Waals surface area contributed by atoms with Gasteiger partial charge in [0.25, 0.3) is 5.69 Å². The van der Waals surface area contributed by atoms with E-state index in [1.807, 2.05) is 0 Å². The number of carboxylic acid groups (broad SMARTS) is 1. The van der Waals surface area contributed by atoms with E-state index in [0.717, 1.165) is 24.3 Å². The number of carboxylic acids is 1. The highest BCUT2D eigenvalue weighted by atomic mass is 16.6. The second-order valence-electron chi connectivity index (χ2n) is 2.77. The van der Waals surface area contributed by atoms with Crippen molar-refractivity contribution >= 4 is 23.2 Å². The molecule has 0 spiro atoms. The largest absolute Gasteiger partial charge is 0.475 e. The van der Waals surface area contributed by atoms with Gasteiger partial charge in [0.1, 0.15) is 0 Å². The smallest absolute Gasteiger partial charge is 0.380 e. The summed E-state index contributed by atoms with van der Waals surface area (Å²) >= 11 is 0. The number of carbonyl (C=O) groups is 3. The molecule has 1 N–H and O–H groups in total. The molecule has 0 aromatic heterocycles. The van der Waals surface area contributed by atoms with Gasteiger partial charge in [-0.15, -0.1) is 0 Å². The minimum atomic E-state index is -1.86. The number of nitro groups is 1. The maximum absolute atomic E-state index is 11.2. The molecule has 0 bridgehead atoms. The second-order valence-corrected chi connectivity index (χ2v) is 2.77. The summed E-state index contributed by atoms with van der Waals surface area (Å²) in [6, 6.07) is 4.09. The van der Waals surface area contributed by atoms with Crippen LogP contribution in [0.25, 0.3) is 0 Å². The summed E-state index contributed by atoms with van der Waals surface area (Å²) in [7, 11) is 0. The van der Waals surface area contributed by atoms with Crippen LogP contribution in [0.4, 0.5) is 5.69 Å². The van der Waals surface area contributed by atoms with Crippen LogP contribution in [-0.2, 0) is 9.59 Å². The zero-order valence-electron chi connectivity index (χ0n) is 7.75. The number of aliphatic carboxylic acids is 1. The highest BCUT2D eigenvalue weighted by Gasteiger charge is 2.23. The Morgan fingerprint density at radius 2 is 1.62 bits per heavy atom. The Morgan fingerprint density at radius 1 is 1.12 bits per heavy atom. The molecule has 16 heavy (non-hydrogen) atoms. The van der Waals surface area contributed by atoms with Crippen LogP contribution in [0.2, 0.25) is 0 Å². The van der Waals surface area contributed by atoms with Crippen LogP contribution in [0.3, 0.4) is 0 Å². The number of nitro benzene ring substituents is 1. The molecule has 0 amide bonds. The number of carbonyl (C=O) groups excluding carboxylic acids is 2. The Hall–Kier alpha value is -2.57. The van der Waals surface area contributed by atoms with Crippen LogP contribution in [0.5, 0.6) is 0 Å². The first-order valence-electron chi connectivity index (χ1n) is 4.00. The van der Waals surface area contributed by atoms with Crippen molar-refractivity contribution in [2.24, 2.45) is 0 Å². The van der Waals surface area contributed by atoms with Crippen molar-refractivity contribution in [2.45, 2.75) is 0 Å². The van der Waals surface area contributed by atoms with Crippen molar-refractivity contribution in [3.05, 3.63) is 39.9 Å². The fourth-order valence-electron chi connectivity index (χ4n) is 0.963. The molecule has 7 nitrogen and oxygen atoms in total. The highest BCUT2D eigenvalue weighted by Crippen LogP contribution is 2.12. The maximum Gasteiger partial charge on any atom is 0.380 e. The molecule has 0 fully saturated rings. The lowest BCUT2D eigenvalue weighted by Gasteiger charge is -1.96. The van der Waals surface area contributed by atoms with Gasteiger partial charge < -0.3 is 5.11 Å². The number of non-ortho nitro benzene ring substituents is 1. The third-order valence-electron chi connectivity index (χ3n) is 1.74. The third-order valence-corrected chi connectivity index (χ3v) is 1.74. The number of ketones is 2. The lowest BCUT2D eigenvalue weighted by atomic mass is 10.1. The molecule has 0 saturated carbocycles. The first kappa shape index (κ1) is 11.5. The van der Waals surface area contributed by atoms with Crippen molar-refractivity contribution in [1.82, 2.24) is 0 Å². The topological polar surface area (TPSA) is 115 Å². The van der Waals surface area contributed by atoms with E-state index in [9.17, 15) is 24.5 Å². The minimum Gasteiger partial charge on any atom is -0.475 e. The molecule has 0 saturated heterocycles. The van der Waals surface area contributed by atoms with E-state index in [2.05, 4.69) is 0 Å². The monoisotopic (exact) mass is 223 g/mol. The van der Waals surface area contributed by atoms with Crippen molar-refractivity contribution < 1.29 is 24.4 Å². The maximum atomic E-state index is 11.2. The summed E-state index contributed by atoms with van der Waals surface area (Å²) in [5.74, 6) is -4.64. The van der Waals surface area contributed by atoms with Gasteiger partial charge in [-0.25, -0.2) is 4.79 Å². The molecular weight excluding hydrogens is 218 g/mol. The van der Waals surface area contributed by atoms with Crippen LogP contribution in [0.15, 0.2) is 24.3 Å². The van der Waals surface area contributed by atoms with Gasteiger partial charge in [0, 0.05) is 17.7 Å². The predicted octanol–water partition coefficient (Wildman–Crippen LogP) is 0.431. The van der Waals surface area contributed by atoms with Gasteiger partial charge >= 0.3 is 11.8 Å². The molecule has 0 aliphatic rings. The summed E-state index contributed by atoms with van der Waals surface area (Å²) in [5.41, 5.74) is -0.447. The van der Waals surface area contributed by atoms with Crippen LogP contribution < -0.4 is 0 Å². The summed E-state index contributed by atoms with van der Waals surface area (Å²) in [4.78, 5) is 41.8. The van der Waals surface area contributed by atoms with Crippen LogP contribution >= 0.6 is 0 Å². The van der Waals surface area contributed by atoms with Gasteiger partial charge in [0.15, 0.2) is 0 Å². The molecule has 0 atom stereocenters. The molecule has 1 aromatic carbocycles. The molecule has 82 valence electrons. The van der Waals surface area contributed by atoms with Gasteiger partial charge in [-0.1, -0.05) is 0 Å². The van der Waals surface area contributed by atoms with Crippen molar-refractivity contribution in [3.8, 4) is 0 Å². The van der Waals surface area contributed by atoms with E-state index in [1.165, 1.54) is 0 Å². The van der Waals surface area contributed by atoms with Gasteiger partial charge in [-0.3, -0.25) is 19.7 Å². The third kappa shape index (κ3) is 2.27. The van der Waals surface area contributed by atoms with Crippen LogP contribution in [-0.4, -0.2) is 27.6 Å². The van der Waals surface area contributed by atoms with E-state index in [1.54, 1.807) is 0 Å². The quantitative estimate of drug-likeness (QED) is 0.260. The van der Waals surface area contributed by atoms with Crippen molar-refractivity contribution in [3.63, 3.8) is 0 Å². The number of hydrogen-bond acceptors (Lipinski definition) is 5. The average Bonchev–Trinajstić information content (AvgIpc) is 2.27. The van der Waals surface area contributed by atoms with Gasteiger partial charge in [0.05, 0.1) is 4.92 Å². The Balaban J connectivity index is 2.99. The second kappa shape index (κ2) is 4.30. The first-order chi connectivity index (χ1) is 7.43. The fourth-order valence-corrected chi connectivity index (χ4v) is 0.963. The number of benzene rings is 1. The lowest BCUT2D eigenvalue weighted by molar-refractivity contribution is -0.384. The molecule has 0 unspecified atom stereocenters. The summed E-state index contributed by atoms with van der Waals surface area (Å²) < 4.78 is 0. The number of rotatable bonds is 4. The number of hydrogen-bond donors (Lipinski definition) is 1. The molecule has 0 aliphatic heterocycles. The van der Waals surface area contributed by atoms with Crippen LogP contribution in [0, 0.1) is 10.1 Å². The number of Topliss-reactive ketones (excluding diaryl/α,β-unsaturated/α-hetero) is 2. The molecule has 1 rings (SSSR count). The molecular formula is C9H5NO6. The van der Waals surface area contributed by atoms with Gasteiger partial charge in [-0.2, -0.15) is 0 Å². The summed E-state index contributed by atoms with van der Waals surface area (Å²) in [6.45, 7) is 0. The Kier molecular flexibility index (Phi) is 3.09. The zero-order valence-corrected chi connectivity index (χ0v) is 7.75. The molecule has 0 radical (unpaired) electrons. The zero-order chi connectivity index (χ0) is 12.3. The summed E-state index contributed by atoms with van der Waals surface area (Å²) in [5, 5.41) is 18.6. The van der Waals surface area contributed by atoms with Crippen molar-refractivity contribution in [2.75, 3.05) is 0 Å².